The Morgan fingerprint density at radius 2 is 0.483 bits per heavy atom. The minimum Gasteiger partial charge on any atom is -0.268 e. The lowest BCUT2D eigenvalue weighted by Crippen LogP contribution is -2.64. The Hall–Kier alpha value is -2.98. The van der Waals surface area contributed by atoms with Gasteiger partial charge >= 0.3 is 36.3 Å². The van der Waals surface area contributed by atoms with Gasteiger partial charge in [0.05, 0.1) is 62.4 Å². The summed E-state index contributed by atoms with van der Waals surface area (Å²) < 4.78 is 197. The standard InChI is InChI=1S/C30Cl8F14N2O4/c31-13-5-1-3-9(17(13)35)21(55)53(29(49,50)25(39,40)27(43,44)45)22(56)10(3)18(36)14(32)6(1)8-2-4-11(19(37)15(33)7(2)5)23(57)54(24(58)12(4)20(38)16(8)34)30(51,52)26(41,42)28(46,47)48. The van der Waals surface area contributed by atoms with Crippen LogP contribution in [0, 0.1) is 0 Å². The predicted molar refractivity (Wildman–Crippen MR) is 181 cm³/mol. The smallest absolute Gasteiger partial charge is 0.268 e. The molecule has 0 unspecified atom stereocenters. The number of nitrogens with zero attached hydrogens (tertiary/aromatic N) is 2. The van der Waals surface area contributed by atoms with Crippen molar-refractivity contribution in [2.75, 3.05) is 0 Å². The number of amides is 4. The molecule has 2 heterocycles. The molecule has 2 aliphatic rings. The molecule has 6 nitrogen and oxygen atoms in total. The molecule has 4 amide bonds. The van der Waals surface area contributed by atoms with Crippen LogP contribution in [-0.2, 0) is 0 Å². The molecule has 0 radical (unpaired) electrons. The number of rotatable bonds is 4. The number of carbonyl (C=O) groups excluding carboxylic acids is 4. The third-order valence-electron chi connectivity index (χ3n) is 9.22. The minimum atomic E-state index is -7.14. The first kappa shape index (κ1) is 43.1. The Morgan fingerprint density at radius 1 is 0.293 bits per heavy atom. The average Bonchev–Trinajstić information content (AvgIpc) is 3.08. The molecule has 0 atom stereocenters. The lowest BCUT2D eigenvalue weighted by atomic mass is 9.81. The number of hydrogen-bond donors (Lipinski definition) is 0. The fraction of sp³-hybridized carbons (Fsp3) is 0.200. The zero-order chi connectivity index (χ0) is 44.0. The van der Waals surface area contributed by atoms with E-state index in [9.17, 15) is 63.1 Å². The monoisotopic (exact) mass is 998 g/mol. The van der Waals surface area contributed by atoms with Crippen LogP contribution < -0.4 is 0 Å². The quantitative estimate of drug-likeness (QED) is 0.0591. The van der Waals surface area contributed by atoms with E-state index in [4.69, 9.17) is 92.8 Å². The van der Waals surface area contributed by atoms with Crippen molar-refractivity contribution in [1.29, 1.82) is 0 Å². The fourth-order valence-electron chi connectivity index (χ4n) is 6.76. The predicted octanol–water partition coefficient (Wildman–Crippen LogP) is 13.7. The van der Waals surface area contributed by atoms with Gasteiger partial charge < -0.3 is 0 Å². The van der Waals surface area contributed by atoms with Crippen LogP contribution in [0.5, 0.6) is 0 Å². The van der Waals surface area contributed by atoms with Gasteiger partial charge in [0, 0.05) is 43.1 Å². The van der Waals surface area contributed by atoms with Crippen molar-refractivity contribution in [3.8, 4) is 0 Å². The van der Waals surface area contributed by atoms with Crippen molar-refractivity contribution in [3.63, 3.8) is 0 Å². The van der Waals surface area contributed by atoms with Gasteiger partial charge in [0.25, 0.3) is 23.6 Å². The first-order chi connectivity index (χ1) is 26.2. The molecular weight excluding hydrogens is 1000 g/mol. The number of halogens is 22. The molecule has 28 heteroatoms. The number of carbonyl (C=O) groups is 4. The molecule has 0 fully saturated rings. The van der Waals surface area contributed by atoms with Gasteiger partial charge in [0.15, 0.2) is 0 Å². The van der Waals surface area contributed by atoms with E-state index >= 15 is 17.6 Å². The Bertz CT molecular complexity index is 2530. The van der Waals surface area contributed by atoms with Crippen molar-refractivity contribution < 1.29 is 80.6 Å². The van der Waals surface area contributed by atoms with Gasteiger partial charge in [-0.25, -0.2) is 9.80 Å². The fourth-order valence-corrected chi connectivity index (χ4v) is 8.98. The summed E-state index contributed by atoms with van der Waals surface area (Å²) in [6.07, 6.45) is -14.2. The lowest BCUT2D eigenvalue weighted by Gasteiger charge is -2.39. The van der Waals surface area contributed by atoms with E-state index in [1.165, 1.54) is 0 Å². The van der Waals surface area contributed by atoms with Crippen molar-refractivity contribution in [2.24, 2.45) is 0 Å². The van der Waals surface area contributed by atoms with Crippen LogP contribution in [0.25, 0.3) is 43.1 Å². The molecule has 0 aliphatic carbocycles. The van der Waals surface area contributed by atoms with Crippen LogP contribution >= 0.6 is 92.8 Å². The van der Waals surface area contributed by atoms with E-state index in [-0.39, 0.29) is 0 Å². The Morgan fingerprint density at radius 3 is 0.655 bits per heavy atom. The van der Waals surface area contributed by atoms with Gasteiger partial charge in [-0.15, -0.1) is 0 Å². The summed E-state index contributed by atoms with van der Waals surface area (Å²) >= 11 is 51.1. The average molecular weight is 1000 g/mol. The van der Waals surface area contributed by atoms with E-state index in [1.54, 1.807) is 0 Å². The van der Waals surface area contributed by atoms with E-state index < -0.39 is 175 Å². The molecule has 7 rings (SSSR count). The lowest BCUT2D eigenvalue weighted by molar-refractivity contribution is -0.376. The first-order valence-corrected chi connectivity index (χ1v) is 17.3. The SMILES string of the molecule is O=C1c2c(Cl)c(Cl)c3c4c(Cl)c(Cl)c5c6c(c(Cl)c(Cl)c(c7c(Cl)c(Cl)c(c2c37)C(=O)N1C(F)(F)C(F)(F)C(F)(F)F)c64)C(=O)N(C(F)(F)C(F)(F)C(F)(F)F)C5=O. The maximum absolute atomic E-state index is 15.2. The van der Waals surface area contributed by atoms with Crippen molar-refractivity contribution in [3.05, 3.63) is 62.4 Å². The summed E-state index contributed by atoms with van der Waals surface area (Å²) in [5.74, 6) is -24.8. The van der Waals surface area contributed by atoms with Gasteiger partial charge in [-0.05, 0) is 0 Å². The first-order valence-electron chi connectivity index (χ1n) is 14.3. The minimum absolute atomic E-state index is 0.770. The van der Waals surface area contributed by atoms with Gasteiger partial charge in [0.1, 0.15) is 0 Å². The summed E-state index contributed by atoms with van der Waals surface area (Å²) in [5.41, 5.74) is -5.98. The third-order valence-corrected chi connectivity index (χ3v) is 12.6. The normalized spacial score (nSPS) is 16.2. The van der Waals surface area contributed by atoms with Crippen LogP contribution in [0.2, 0.25) is 40.2 Å². The van der Waals surface area contributed by atoms with Crippen LogP contribution in [0.15, 0.2) is 0 Å². The zero-order valence-corrected chi connectivity index (χ0v) is 31.9. The van der Waals surface area contributed by atoms with Crippen molar-refractivity contribution in [2.45, 2.75) is 36.3 Å². The second kappa shape index (κ2) is 12.3. The second-order valence-corrected chi connectivity index (χ2v) is 15.2. The van der Waals surface area contributed by atoms with Crippen LogP contribution in [0.4, 0.5) is 61.5 Å². The topological polar surface area (TPSA) is 74.8 Å². The maximum atomic E-state index is 15.2. The highest BCUT2D eigenvalue weighted by Crippen LogP contribution is 2.61. The van der Waals surface area contributed by atoms with Gasteiger partial charge in [-0.1, -0.05) is 92.8 Å². The molecule has 0 saturated carbocycles. The molecule has 0 saturated heterocycles. The van der Waals surface area contributed by atoms with E-state index in [0.717, 1.165) is 0 Å². The third kappa shape index (κ3) is 4.79. The number of fused-ring (bicyclic) bond motifs is 2. The molecule has 2 aliphatic heterocycles. The zero-order valence-electron chi connectivity index (χ0n) is 25.8. The Balaban J connectivity index is 1.71. The van der Waals surface area contributed by atoms with E-state index in [0.29, 0.717) is 0 Å². The van der Waals surface area contributed by atoms with Gasteiger partial charge in [-0.3, -0.25) is 19.2 Å². The Kier molecular flexibility index (Phi) is 9.16. The highest BCUT2D eigenvalue weighted by atomic mass is 35.5. The largest absolute Gasteiger partial charge is 0.462 e. The molecule has 5 aromatic carbocycles. The van der Waals surface area contributed by atoms with E-state index in [2.05, 4.69) is 0 Å². The molecule has 0 N–H and O–H groups in total. The molecule has 5 aromatic rings. The van der Waals surface area contributed by atoms with Crippen LogP contribution in [0.3, 0.4) is 0 Å². The highest BCUT2D eigenvalue weighted by Gasteiger charge is 2.79. The molecule has 0 spiro atoms. The number of benzene rings is 5. The summed E-state index contributed by atoms with van der Waals surface area (Å²) in [6.45, 7) is 0. The molecule has 0 bridgehead atoms. The number of imide groups is 2. The Labute approximate surface area is 347 Å². The molecule has 0 aromatic heterocycles. The number of hydrogen-bond acceptors (Lipinski definition) is 4. The second-order valence-electron chi connectivity index (χ2n) is 12.1. The maximum Gasteiger partial charge on any atom is 0.462 e. The summed E-state index contributed by atoms with van der Waals surface area (Å²) in [4.78, 5) is 50.8. The van der Waals surface area contributed by atoms with Crippen LogP contribution in [-0.4, -0.2) is 69.7 Å². The molecule has 308 valence electrons. The molecule has 58 heavy (non-hydrogen) atoms. The highest BCUT2D eigenvalue weighted by molar-refractivity contribution is 6.63. The van der Waals surface area contributed by atoms with Crippen molar-refractivity contribution >= 4 is 160 Å². The summed E-state index contributed by atoms with van der Waals surface area (Å²) in [6, 6.07) is -13.5. The van der Waals surface area contributed by atoms with Gasteiger partial charge in [-0.2, -0.15) is 61.5 Å². The van der Waals surface area contributed by atoms with Gasteiger partial charge in [0.2, 0.25) is 0 Å². The number of alkyl halides is 14. The molecular formula is C30Cl8F14N2O4. The van der Waals surface area contributed by atoms with Crippen LogP contribution in [0.1, 0.15) is 41.4 Å². The summed E-state index contributed by atoms with van der Waals surface area (Å²) in [5, 5.41) is -16.5. The van der Waals surface area contributed by atoms with Crippen molar-refractivity contribution in [1.82, 2.24) is 9.80 Å². The summed E-state index contributed by atoms with van der Waals surface area (Å²) in [7, 11) is 0. The van der Waals surface area contributed by atoms with E-state index in [1.807, 2.05) is 0 Å².